The molecular weight excluding hydrogens is 229 g/mol. The number of carbonyl (C=O) groups is 1. The van der Waals surface area contributed by atoms with E-state index >= 15 is 0 Å². The molecule has 0 radical (unpaired) electrons. The molecule has 0 aliphatic heterocycles. The van der Waals surface area contributed by atoms with Crippen molar-refractivity contribution in [3.05, 3.63) is 35.6 Å². The maximum absolute atomic E-state index is 12.8. The number of benzene rings is 1. The molecule has 0 spiro atoms. The zero-order valence-corrected chi connectivity index (χ0v) is 9.77. The third-order valence-corrected chi connectivity index (χ3v) is 2.43. The van der Waals surface area contributed by atoms with Crippen molar-refractivity contribution in [1.29, 1.82) is 0 Å². The van der Waals surface area contributed by atoms with Crippen molar-refractivity contribution < 1.29 is 9.18 Å². The standard InChI is InChI=1S/C12H15ClFNO/c13-7-2-1-6-12(16)15-9-10-4-3-5-11(14)8-10/h3-5,8H,1-2,6-7,9H2,(H,15,16). The molecule has 16 heavy (non-hydrogen) atoms. The summed E-state index contributed by atoms with van der Waals surface area (Å²) in [6.07, 6.45) is 2.11. The number of carbonyl (C=O) groups excluding carboxylic acids is 1. The fourth-order valence-corrected chi connectivity index (χ4v) is 1.50. The second kappa shape index (κ2) is 7.23. The molecule has 1 N–H and O–H groups in total. The minimum absolute atomic E-state index is 0.0191. The first-order chi connectivity index (χ1) is 7.72. The minimum Gasteiger partial charge on any atom is -0.352 e. The number of hydrogen-bond donors (Lipinski definition) is 1. The van der Waals surface area contributed by atoms with Crippen molar-refractivity contribution in [2.75, 3.05) is 5.88 Å². The lowest BCUT2D eigenvalue weighted by atomic mass is 10.2. The fourth-order valence-electron chi connectivity index (χ4n) is 1.32. The van der Waals surface area contributed by atoms with E-state index in [0.717, 1.165) is 18.4 Å². The molecule has 0 saturated heterocycles. The summed E-state index contributed by atoms with van der Waals surface area (Å²) >= 11 is 5.50. The Morgan fingerprint density at radius 1 is 1.38 bits per heavy atom. The van der Waals surface area contributed by atoms with E-state index in [2.05, 4.69) is 5.32 Å². The molecule has 1 aromatic rings. The Bertz CT molecular complexity index is 344. The van der Waals surface area contributed by atoms with Crippen molar-refractivity contribution in [3.8, 4) is 0 Å². The molecule has 0 unspecified atom stereocenters. The highest BCUT2D eigenvalue weighted by molar-refractivity contribution is 6.17. The van der Waals surface area contributed by atoms with Crippen molar-refractivity contribution in [1.82, 2.24) is 5.32 Å². The van der Waals surface area contributed by atoms with Gasteiger partial charge in [0.15, 0.2) is 0 Å². The van der Waals surface area contributed by atoms with Crippen LogP contribution in [-0.4, -0.2) is 11.8 Å². The maximum Gasteiger partial charge on any atom is 0.220 e. The summed E-state index contributed by atoms with van der Waals surface area (Å²) in [5.41, 5.74) is 0.769. The van der Waals surface area contributed by atoms with Gasteiger partial charge in [0.1, 0.15) is 5.82 Å². The third-order valence-electron chi connectivity index (χ3n) is 2.17. The highest BCUT2D eigenvalue weighted by atomic mass is 35.5. The van der Waals surface area contributed by atoms with Gasteiger partial charge in [0, 0.05) is 18.8 Å². The Labute approximate surface area is 99.8 Å². The Kier molecular flexibility index (Phi) is 5.86. The molecule has 0 fully saturated rings. The lowest BCUT2D eigenvalue weighted by molar-refractivity contribution is -0.121. The van der Waals surface area contributed by atoms with Gasteiger partial charge < -0.3 is 5.32 Å². The van der Waals surface area contributed by atoms with Crippen LogP contribution in [0.25, 0.3) is 0 Å². The molecule has 88 valence electrons. The lowest BCUT2D eigenvalue weighted by Crippen LogP contribution is -2.22. The second-order valence-electron chi connectivity index (χ2n) is 3.55. The summed E-state index contributed by atoms with van der Waals surface area (Å²) in [5, 5.41) is 2.74. The average Bonchev–Trinajstić information content (AvgIpc) is 2.27. The molecule has 4 heteroatoms. The van der Waals surface area contributed by atoms with Crippen LogP contribution in [0.4, 0.5) is 4.39 Å². The normalized spacial score (nSPS) is 10.1. The summed E-state index contributed by atoms with van der Waals surface area (Å²) in [7, 11) is 0. The maximum atomic E-state index is 12.8. The molecular formula is C12H15ClFNO. The largest absolute Gasteiger partial charge is 0.352 e. The van der Waals surface area contributed by atoms with Gasteiger partial charge in [-0.3, -0.25) is 4.79 Å². The molecule has 0 heterocycles. The van der Waals surface area contributed by atoms with Crippen molar-refractivity contribution in [2.24, 2.45) is 0 Å². The average molecular weight is 244 g/mol. The van der Waals surface area contributed by atoms with Gasteiger partial charge in [0.05, 0.1) is 0 Å². The van der Waals surface area contributed by atoms with Gasteiger partial charge in [0.2, 0.25) is 5.91 Å². The van der Waals surface area contributed by atoms with E-state index in [1.807, 2.05) is 0 Å². The summed E-state index contributed by atoms with van der Waals surface area (Å²) in [6, 6.07) is 6.21. The number of nitrogens with one attached hydrogen (secondary N) is 1. The molecule has 2 nitrogen and oxygen atoms in total. The van der Waals surface area contributed by atoms with Crippen molar-refractivity contribution in [3.63, 3.8) is 0 Å². The first-order valence-corrected chi connectivity index (χ1v) is 5.83. The predicted molar refractivity (Wildman–Crippen MR) is 62.8 cm³/mol. The predicted octanol–water partition coefficient (Wildman–Crippen LogP) is 2.85. The zero-order valence-electron chi connectivity index (χ0n) is 9.01. The summed E-state index contributed by atoms with van der Waals surface area (Å²) in [5.74, 6) is 0.278. The van der Waals surface area contributed by atoms with Crippen LogP contribution in [0.1, 0.15) is 24.8 Å². The van der Waals surface area contributed by atoms with Gasteiger partial charge in [-0.15, -0.1) is 11.6 Å². The molecule has 0 aliphatic rings. The molecule has 0 saturated carbocycles. The topological polar surface area (TPSA) is 29.1 Å². The van der Waals surface area contributed by atoms with Gasteiger partial charge >= 0.3 is 0 Å². The number of halogens is 2. The van der Waals surface area contributed by atoms with Gasteiger partial charge in [-0.05, 0) is 30.5 Å². The monoisotopic (exact) mass is 243 g/mol. The molecule has 1 amide bonds. The van der Waals surface area contributed by atoms with Gasteiger partial charge in [-0.25, -0.2) is 4.39 Å². The molecule has 1 rings (SSSR count). The van der Waals surface area contributed by atoms with E-state index in [9.17, 15) is 9.18 Å². The molecule has 0 aromatic heterocycles. The van der Waals surface area contributed by atoms with Crippen LogP contribution in [0.3, 0.4) is 0 Å². The number of unbranched alkanes of at least 4 members (excludes halogenated alkanes) is 1. The van der Waals surface area contributed by atoms with Gasteiger partial charge in [-0.2, -0.15) is 0 Å². The van der Waals surface area contributed by atoms with Crippen LogP contribution in [0.5, 0.6) is 0 Å². The Morgan fingerprint density at radius 3 is 2.88 bits per heavy atom. The quantitative estimate of drug-likeness (QED) is 0.604. The molecule has 1 aromatic carbocycles. The number of rotatable bonds is 6. The van der Waals surface area contributed by atoms with Gasteiger partial charge in [-0.1, -0.05) is 12.1 Å². The van der Waals surface area contributed by atoms with E-state index in [1.165, 1.54) is 12.1 Å². The van der Waals surface area contributed by atoms with Crippen LogP contribution >= 0.6 is 11.6 Å². The Balaban J connectivity index is 2.26. The van der Waals surface area contributed by atoms with E-state index < -0.39 is 0 Å². The third kappa shape index (κ3) is 5.12. The number of amides is 1. The molecule has 0 aliphatic carbocycles. The summed E-state index contributed by atoms with van der Waals surface area (Å²) < 4.78 is 12.8. The highest BCUT2D eigenvalue weighted by Crippen LogP contribution is 2.03. The van der Waals surface area contributed by atoms with Crippen molar-refractivity contribution >= 4 is 17.5 Å². The first-order valence-electron chi connectivity index (χ1n) is 5.29. The Morgan fingerprint density at radius 2 is 2.19 bits per heavy atom. The zero-order chi connectivity index (χ0) is 11.8. The van der Waals surface area contributed by atoms with Crippen LogP contribution < -0.4 is 5.32 Å². The van der Waals surface area contributed by atoms with E-state index in [-0.39, 0.29) is 11.7 Å². The van der Waals surface area contributed by atoms with E-state index in [4.69, 9.17) is 11.6 Å². The first kappa shape index (κ1) is 13.0. The van der Waals surface area contributed by atoms with Crippen LogP contribution in [0.15, 0.2) is 24.3 Å². The number of alkyl halides is 1. The van der Waals surface area contributed by atoms with Gasteiger partial charge in [0.25, 0.3) is 0 Å². The van der Waals surface area contributed by atoms with Crippen LogP contribution in [0.2, 0.25) is 0 Å². The Hall–Kier alpha value is -1.09. The fraction of sp³-hybridized carbons (Fsp3) is 0.417. The van der Waals surface area contributed by atoms with Crippen LogP contribution in [0, 0.1) is 5.82 Å². The lowest BCUT2D eigenvalue weighted by Gasteiger charge is -2.04. The molecule has 0 bridgehead atoms. The van der Waals surface area contributed by atoms with Crippen molar-refractivity contribution in [2.45, 2.75) is 25.8 Å². The SMILES string of the molecule is O=C(CCCCCl)NCc1cccc(F)c1. The second-order valence-corrected chi connectivity index (χ2v) is 3.93. The highest BCUT2D eigenvalue weighted by Gasteiger charge is 2.01. The summed E-state index contributed by atoms with van der Waals surface area (Å²) in [4.78, 5) is 11.3. The minimum atomic E-state index is -0.283. The van der Waals surface area contributed by atoms with E-state index in [1.54, 1.807) is 12.1 Å². The summed E-state index contributed by atoms with van der Waals surface area (Å²) in [6.45, 7) is 0.372. The van der Waals surface area contributed by atoms with Crippen LogP contribution in [-0.2, 0) is 11.3 Å². The molecule has 0 atom stereocenters. The smallest absolute Gasteiger partial charge is 0.220 e. The van der Waals surface area contributed by atoms with E-state index in [0.29, 0.717) is 18.8 Å². The number of hydrogen-bond acceptors (Lipinski definition) is 1.